The molecule has 0 aliphatic carbocycles. The number of aliphatic hydroxyl groups is 1. The fourth-order valence-electron chi connectivity index (χ4n) is 5.16. The standard InChI is InChI=1S/C31H28N4O3S/c1-17-9-14-21-22(16-17)39-30(33-21)35-26(19-10-12-20(13-11-19)31(3,4)5)24(28(37)29(35)38)27(36)25-18(2)32-23-8-6-7-15-34(23)25/h6-16,26,36H,1-5H3/b27-24+. The zero-order chi connectivity index (χ0) is 27.6. The number of hydrogen-bond donors (Lipinski definition) is 1. The second-order valence-electron chi connectivity index (χ2n) is 11.0. The minimum absolute atomic E-state index is 0.0210. The molecule has 7 nitrogen and oxygen atoms in total. The van der Waals surface area contributed by atoms with Crippen LogP contribution in [0, 0.1) is 13.8 Å². The third kappa shape index (κ3) is 4.03. The van der Waals surface area contributed by atoms with Crippen LogP contribution in [-0.2, 0) is 15.0 Å². The molecule has 0 spiro atoms. The first-order valence-corrected chi connectivity index (χ1v) is 13.6. The molecule has 4 heterocycles. The molecule has 0 saturated carbocycles. The van der Waals surface area contributed by atoms with E-state index in [0.29, 0.717) is 27.7 Å². The lowest BCUT2D eigenvalue weighted by atomic mass is 9.85. The van der Waals surface area contributed by atoms with Gasteiger partial charge in [-0.1, -0.05) is 68.5 Å². The number of hydrogen-bond acceptors (Lipinski definition) is 6. The fourth-order valence-corrected chi connectivity index (χ4v) is 6.25. The SMILES string of the molecule is Cc1ccc2nc(N3C(=O)C(=O)/C(=C(/O)c4c(C)nc5ccccn45)C3c3ccc(C(C)(C)C)cc3)sc2c1. The van der Waals surface area contributed by atoms with Gasteiger partial charge in [-0.3, -0.25) is 18.9 Å². The number of benzene rings is 2. The van der Waals surface area contributed by atoms with Gasteiger partial charge in [0, 0.05) is 6.20 Å². The average Bonchev–Trinajstić information content (AvgIpc) is 3.54. The van der Waals surface area contributed by atoms with Crippen LogP contribution in [0.2, 0.25) is 0 Å². The highest BCUT2D eigenvalue weighted by atomic mass is 32.1. The van der Waals surface area contributed by atoms with Gasteiger partial charge in [-0.25, -0.2) is 9.97 Å². The lowest BCUT2D eigenvalue weighted by molar-refractivity contribution is -0.132. The van der Waals surface area contributed by atoms with Crippen LogP contribution >= 0.6 is 11.3 Å². The number of amides is 1. The summed E-state index contributed by atoms with van der Waals surface area (Å²) in [5.41, 5.74) is 5.20. The first-order chi connectivity index (χ1) is 18.5. The van der Waals surface area contributed by atoms with Gasteiger partial charge in [-0.15, -0.1) is 0 Å². The molecule has 1 atom stereocenters. The highest BCUT2D eigenvalue weighted by Gasteiger charge is 2.48. The van der Waals surface area contributed by atoms with Gasteiger partial charge in [0.2, 0.25) is 0 Å². The van der Waals surface area contributed by atoms with Crippen LogP contribution in [0.25, 0.3) is 21.6 Å². The van der Waals surface area contributed by atoms with Gasteiger partial charge in [0.1, 0.15) is 11.3 Å². The number of aliphatic hydroxyl groups excluding tert-OH is 1. The number of aromatic nitrogens is 3. The third-order valence-electron chi connectivity index (χ3n) is 7.20. The van der Waals surface area contributed by atoms with Crippen molar-refractivity contribution in [1.29, 1.82) is 0 Å². The van der Waals surface area contributed by atoms with Crippen molar-refractivity contribution in [1.82, 2.24) is 14.4 Å². The molecule has 39 heavy (non-hydrogen) atoms. The van der Waals surface area contributed by atoms with E-state index in [1.807, 2.05) is 67.6 Å². The van der Waals surface area contributed by atoms with E-state index in [-0.39, 0.29) is 16.7 Å². The zero-order valence-electron chi connectivity index (χ0n) is 22.4. The molecule has 196 valence electrons. The van der Waals surface area contributed by atoms with Crippen molar-refractivity contribution in [3.63, 3.8) is 0 Å². The van der Waals surface area contributed by atoms with Crippen molar-refractivity contribution in [2.24, 2.45) is 0 Å². The number of Topliss-reactive ketones (excluding diaryl/α,β-unsaturated/α-hetero) is 1. The molecule has 1 N–H and O–H groups in total. The van der Waals surface area contributed by atoms with Crippen molar-refractivity contribution in [2.45, 2.75) is 46.1 Å². The normalized spacial score (nSPS) is 17.6. The molecule has 1 amide bonds. The number of rotatable bonds is 3. The summed E-state index contributed by atoms with van der Waals surface area (Å²) in [6.07, 6.45) is 1.78. The van der Waals surface area contributed by atoms with Crippen LogP contribution in [0.3, 0.4) is 0 Å². The molecule has 0 bridgehead atoms. The zero-order valence-corrected chi connectivity index (χ0v) is 23.2. The minimum Gasteiger partial charge on any atom is -0.505 e. The van der Waals surface area contributed by atoms with Gasteiger partial charge in [-0.05, 0) is 60.2 Å². The van der Waals surface area contributed by atoms with Crippen LogP contribution in [0.15, 0.2) is 72.4 Å². The van der Waals surface area contributed by atoms with E-state index < -0.39 is 17.7 Å². The number of imidazole rings is 1. The maximum atomic E-state index is 13.7. The van der Waals surface area contributed by atoms with E-state index in [9.17, 15) is 14.7 Å². The predicted molar refractivity (Wildman–Crippen MR) is 154 cm³/mol. The van der Waals surface area contributed by atoms with Crippen LogP contribution in [-0.4, -0.2) is 31.2 Å². The van der Waals surface area contributed by atoms with Crippen molar-refractivity contribution in [2.75, 3.05) is 4.90 Å². The van der Waals surface area contributed by atoms with E-state index in [1.165, 1.54) is 16.2 Å². The highest BCUT2D eigenvalue weighted by molar-refractivity contribution is 7.22. The maximum Gasteiger partial charge on any atom is 0.301 e. The predicted octanol–water partition coefficient (Wildman–Crippen LogP) is 6.48. The quantitative estimate of drug-likeness (QED) is 0.162. The molecule has 1 fully saturated rings. The third-order valence-corrected chi connectivity index (χ3v) is 8.22. The Bertz CT molecular complexity index is 1820. The molecule has 3 aromatic heterocycles. The smallest absolute Gasteiger partial charge is 0.301 e. The molecule has 6 rings (SSSR count). The Balaban J connectivity index is 1.60. The number of aryl methyl sites for hydroxylation is 2. The molecular formula is C31H28N4O3S. The Hall–Kier alpha value is -4.30. The van der Waals surface area contributed by atoms with Crippen molar-refractivity contribution in [3.05, 3.63) is 101 Å². The topological polar surface area (TPSA) is 87.8 Å². The lowest BCUT2D eigenvalue weighted by Crippen LogP contribution is -2.29. The van der Waals surface area contributed by atoms with Crippen molar-refractivity contribution in [3.8, 4) is 0 Å². The van der Waals surface area contributed by atoms with Gasteiger partial charge in [0.15, 0.2) is 10.9 Å². The van der Waals surface area contributed by atoms with E-state index in [0.717, 1.165) is 21.3 Å². The molecule has 1 aliphatic heterocycles. The molecule has 1 saturated heterocycles. The number of fused-ring (bicyclic) bond motifs is 2. The summed E-state index contributed by atoms with van der Waals surface area (Å²) in [5, 5.41) is 12.1. The highest BCUT2D eigenvalue weighted by Crippen LogP contribution is 2.45. The fraction of sp³-hybridized carbons (Fsp3) is 0.226. The van der Waals surface area contributed by atoms with Crippen LogP contribution < -0.4 is 4.90 Å². The Kier molecular flexibility index (Phi) is 5.69. The number of nitrogens with zero attached hydrogens (tertiary/aromatic N) is 4. The summed E-state index contributed by atoms with van der Waals surface area (Å²) < 4.78 is 2.66. The van der Waals surface area contributed by atoms with Crippen molar-refractivity contribution >= 4 is 49.8 Å². The molecule has 2 aromatic carbocycles. The van der Waals surface area contributed by atoms with Gasteiger partial charge < -0.3 is 5.11 Å². The summed E-state index contributed by atoms with van der Waals surface area (Å²) >= 11 is 1.36. The number of carbonyl (C=O) groups is 2. The summed E-state index contributed by atoms with van der Waals surface area (Å²) in [4.78, 5) is 38.1. The van der Waals surface area contributed by atoms with Gasteiger partial charge >= 0.3 is 5.91 Å². The largest absolute Gasteiger partial charge is 0.505 e. The number of anilines is 1. The molecular weight excluding hydrogens is 508 g/mol. The first kappa shape index (κ1) is 25.0. The Morgan fingerprint density at radius 1 is 0.974 bits per heavy atom. The summed E-state index contributed by atoms with van der Waals surface area (Å²) in [6, 6.07) is 18.4. The Morgan fingerprint density at radius 2 is 1.72 bits per heavy atom. The van der Waals surface area contributed by atoms with E-state index >= 15 is 0 Å². The average molecular weight is 537 g/mol. The molecule has 8 heteroatoms. The Morgan fingerprint density at radius 3 is 2.44 bits per heavy atom. The molecule has 0 radical (unpaired) electrons. The van der Waals surface area contributed by atoms with Gasteiger partial charge in [0.05, 0.1) is 27.5 Å². The number of thiazole rings is 1. The summed E-state index contributed by atoms with van der Waals surface area (Å²) in [7, 11) is 0. The van der Waals surface area contributed by atoms with Crippen LogP contribution in [0.1, 0.15) is 54.9 Å². The van der Waals surface area contributed by atoms with Crippen molar-refractivity contribution < 1.29 is 14.7 Å². The first-order valence-electron chi connectivity index (χ1n) is 12.8. The second kappa shape index (κ2) is 8.88. The Labute approximate surface area is 230 Å². The van der Waals surface area contributed by atoms with E-state index in [2.05, 4.69) is 25.8 Å². The number of ketones is 1. The van der Waals surface area contributed by atoms with Gasteiger partial charge in [-0.2, -0.15) is 0 Å². The molecule has 1 aliphatic rings. The number of carbonyl (C=O) groups excluding carboxylic acids is 2. The summed E-state index contributed by atoms with van der Waals surface area (Å²) in [5.74, 6) is -1.73. The monoisotopic (exact) mass is 536 g/mol. The number of pyridine rings is 1. The molecule has 5 aromatic rings. The van der Waals surface area contributed by atoms with E-state index in [1.54, 1.807) is 17.5 Å². The molecule has 1 unspecified atom stereocenters. The van der Waals surface area contributed by atoms with Gasteiger partial charge in [0.25, 0.3) is 5.78 Å². The lowest BCUT2D eigenvalue weighted by Gasteiger charge is -2.24. The minimum atomic E-state index is -0.852. The van der Waals surface area contributed by atoms with Crippen LogP contribution in [0.5, 0.6) is 0 Å². The second-order valence-corrected chi connectivity index (χ2v) is 12.0. The maximum absolute atomic E-state index is 13.7. The van der Waals surface area contributed by atoms with E-state index in [4.69, 9.17) is 4.98 Å². The van der Waals surface area contributed by atoms with Crippen LogP contribution in [0.4, 0.5) is 5.13 Å². The summed E-state index contributed by atoms with van der Waals surface area (Å²) in [6.45, 7) is 10.2.